The Morgan fingerprint density at radius 1 is 1.20 bits per heavy atom. The van der Waals surface area contributed by atoms with Crippen LogP contribution in [0.1, 0.15) is 17.4 Å². The average molecular weight is 272 g/mol. The van der Waals surface area contributed by atoms with Gasteiger partial charge in [-0.3, -0.25) is 4.79 Å². The number of hydrogen-bond acceptors (Lipinski definition) is 5. The third-order valence-corrected chi connectivity index (χ3v) is 2.31. The van der Waals surface area contributed by atoms with Crippen molar-refractivity contribution in [2.75, 3.05) is 10.6 Å². The van der Waals surface area contributed by atoms with E-state index in [0.29, 0.717) is 11.4 Å². The Morgan fingerprint density at radius 2 is 1.95 bits per heavy atom. The number of amides is 1. The molecule has 0 saturated carbocycles. The molecule has 2 rings (SSSR count). The Morgan fingerprint density at radius 3 is 2.65 bits per heavy atom. The molecule has 0 atom stereocenters. The third-order valence-electron chi connectivity index (χ3n) is 2.31. The Kier molecular flexibility index (Phi) is 3.90. The van der Waals surface area contributed by atoms with Crippen LogP contribution in [0.3, 0.4) is 0 Å². The number of aromatic nitrogens is 2. The van der Waals surface area contributed by atoms with E-state index in [1.165, 1.54) is 19.2 Å². The fourth-order valence-electron chi connectivity index (χ4n) is 1.55. The van der Waals surface area contributed by atoms with Gasteiger partial charge in [-0.05, 0) is 24.3 Å². The highest BCUT2D eigenvalue weighted by atomic mass is 16.4. The summed E-state index contributed by atoms with van der Waals surface area (Å²) in [4.78, 5) is 29.6. The van der Waals surface area contributed by atoms with Crippen LogP contribution in [0.15, 0.2) is 36.5 Å². The molecular formula is C13H12N4O3. The molecule has 0 bridgehead atoms. The molecule has 0 radical (unpaired) electrons. The number of carbonyl (C=O) groups excluding carboxylic acids is 1. The summed E-state index contributed by atoms with van der Waals surface area (Å²) in [6.45, 7) is 1.42. The van der Waals surface area contributed by atoms with Gasteiger partial charge in [0.1, 0.15) is 0 Å². The maximum absolute atomic E-state index is 11.0. The molecule has 0 aliphatic carbocycles. The SMILES string of the molecule is CC(=O)Nc1cccc(Nc2nccc(C(=O)O)n2)c1. The zero-order chi connectivity index (χ0) is 14.5. The quantitative estimate of drug-likeness (QED) is 0.785. The molecule has 2 aromatic rings. The number of nitrogens with zero attached hydrogens (tertiary/aromatic N) is 2. The van der Waals surface area contributed by atoms with E-state index < -0.39 is 5.97 Å². The van der Waals surface area contributed by atoms with E-state index in [1.807, 2.05) is 0 Å². The Bertz CT molecular complexity index is 658. The topological polar surface area (TPSA) is 104 Å². The highest BCUT2D eigenvalue weighted by Gasteiger charge is 2.06. The van der Waals surface area contributed by atoms with Crippen LogP contribution in [0.25, 0.3) is 0 Å². The lowest BCUT2D eigenvalue weighted by molar-refractivity contribution is -0.114. The molecule has 1 aromatic heterocycles. The minimum atomic E-state index is -1.12. The van der Waals surface area contributed by atoms with Crippen LogP contribution >= 0.6 is 0 Å². The number of rotatable bonds is 4. The number of aromatic carboxylic acids is 1. The number of carboxylic acid groups (broad SMARTS) is 1. The van der Waals surface area contributed by atoms with Crippen LogP contribution < -0.4 is 10.6 Å². The van der Waals surface area contributed by atoms with Gasteiger partial charge >= 0.3 is 5.97 Å². The first-order valence-electron chi connectivity index (χ1n) is 5.75. The number of carboxylic acids is 1. The summed E-state index contributed by atoms with van der Waals surface area (Å²) < 4.78 is 0. The molecule has 0 spiro atoms. The maximum Gasteiger partial charge on any atom is 0.354 e. The molecule has 3 N–H and O–H groups in total. The van der Waals surface area contributed by atoms with Gasteiger partial charge in [0.05, 0.1) is 0 Å². The van der Waals surface area contributed by atoms with Crippen molar-refractivity contribution in [3.05, 3.63) is 42.2 Å². The first kappa shape index (κ1) is 13.5. The second kappa shape index (κ2) is 5.79. The average Bonchev–Trinajstić information content (AvgIpc) is 2.38. The third kappa shape index (κ3) is 3.52. The van der Waals surface area contributed by atoms with E-state index in [0.717, 1.165) is 0 Å². The number of carbonyl (C=O) groups is 2. The van der Waals surface area contributed by atoms with E-state index in [2.05, 4.69) is 20.6 Å². The predicted molar refractivity (Wildman–Crippen MR) is 73.0 cm³/mol. The van der Waals surface area contributed by atoms with Crippen molar-refractivity contribution >= 4 is 29.2 Å². The summed E-state index contributed by atoms with van der Waals surface area (Å²) in [5.41, 5.74) is 1.16. The van der Waals surface area contributed by atoms with Crippen molar-refractivity contribution in [2.45, 2.75) is 6.92 Å². The van der Waals surface area contributed by atoms with Gasteiger partial charge in [-0.2, -0.15) is 0 Å². The molecule has 20 heavy (non-hydrogen) atoms. The van der Waals surface area contributed by atoms with Crippen LogP contribution in [0.4, 0.5) is 17.3 Å². The second-order valence-electron chi connectivity index (χ2n) is 3.96. The molecular weight excluding hydrogens is 260 g/mol. The van der Waals surface area contributed by atoms with E-state index in [1.54, 1.807) is 24.3 Å². The van der Waals surface area contributed by atoms with Crippen LogP contribution in [0, 0.1) is 0 Å². The van der Waals surface area contributed by atoms with E-state index in [9.17, 15) is 9.59 Å². The van der Waals surface area contributed by atoms with Gasteiger partial charge in [0.25, 0.3) is 0 Å². The van der Waals surface area contributed by atoms with Gasteiger partial charge in [-0.15, -0.1) is 0 Å². The van der Waals surface area contributed by atoms with Crippen LogP contribution in [0.5, 0.6) is 0 Å². The molecule has 0 saturated heterocycles. The Balaban J connectivity index is 2.19. The summed E-state index contributed by atoms with van der Waals surface area (Å²) in [5.74, 6) is -1.13. The summed E-state index contributed by atoms with van der Waals surface area (Å²) in [7, 11) is 0. The summed E-state index contributed by atoms with van der Waals surface area (Å²) in [6, 6.07) is 8.23. The number of nitrogens with one attached hydrogen (secondary N) is 2. The molecule has 102 valence electrons. The predicted octanol–water partition coefficient (Wildman–Crippen LogP) is 1.88. The van der Waals surface area contributed by atoms with Crippen LogP contribution in [-0.4, -0.2) is 27.0 Å². The van der Waals surface area contributed by atoms with Gasteiger partial charge in [-0.1, -0.05) is 6.07 Å². The van der Waals surface area contributed by atoms with Crippen molar-refractivity contribution in [3.8, 4) is 0 Å². The lowest BCUT2D eigenvalue weighted by atomic mass is 10.2. The summed E-state index contributed by atoms with van der Waals surface area (Å²) in [5, 5.41) is 14.4. The maximum atomic E-state index is 11.0. The van der Waals surface area contributed by atoms with E-state index >= 15 is 0 Å². The van der Waals surface area contributed by atoms with Gasteiger partial charge in [0, 0.05) is 24.5 Å². The van der Waals surface area contributed by atoms with Crippen molar-refractivity contribution in [1.29, 1.82) is 0 Å². The molecule has 1 amide bonds. The minimum Gasteiger partial charge on any atom is -0.477 e. The Labute approximate surface area is 114 Å². The molecule has 7 nitrogen and oxygen atoms in total. The van der Waals surface area contributed by atoms with E-state index in [4.69, 9.17) is 5.11 Å². The molecule has 7 heteroatoms. The molecule has 0 fully saturated rings. The zero-order valence-corrected chi connectivity index (χ0v) is 10.6. The lowest BCUT2D eigenvalue weighted by Gasteiger charge is -2.07. The number of anilines is 3. The molecule has 1 aromatic carbocycles. The van der Waals surface area contributed by atoms with Gasteiger partial charge in [0.2, 0.25) is 11.9 Å². The van der Waals surface area contributed by atoms with Crippen molar-refractivity contribution in [3.63, 3.8) is 0 Å². The fraction of sp³-hybridized carbons (Fsp3) is 0.0769. The minimum absolute atomic E-state index is 0.0967. The van der Waals surface area contributed by atoms with Gasteiger partial charge < -0.3 is 15.7 Å². The smallest absolute Gasteiger partial charge is 0.354 e. The summed E-state index contributed by atoms with van der Waals surface area (Å²) >= 11 is 0. The van der Waals surface area contributed by atoms with Crippen LogP contribution in [-0.2, 0) is 4.79 Å². The van der Waals surface area contributed by atoms with Crippen molar-refractivity contribution in [2.24, 2.45) is 0 Å². The lowest BCUT2D eigenvalue weighted by Crippen LogP contribution is -2.07. The second-order valence-corrected chi connectivity index (χ2v) is 3.96. The molecule has 0 aliphatic rings. The zero-order valence-electron chi connectivity index (χ0n) is 10.6. The van der Waals surface area contributed by atoms with Crippen LogP contribution in [0.2, 0.25) is 0 Å². The highest BCUT2D eigenvalue weighted by molar-refractivity contribution is 5.89. The summed E-state index contributed by atoms with van der Waals surface area (Å²) in [6.07, 6.45) is 1.36. The normalized spacial score (nSPS) is 9.85. The van der Waals surface area contributed by atoms with Gasteiger partial charge in [0.15, 0.2) is 5.69 Å². The first-order valence-corrected chi connectivity index (χ1v) is 5.75. The van der Waals surface area contributed by atoms with Gasteiger partial charge in [-0.25, -0.2) is 14.8 Å². The largest absolute Gasteiger partial charge is 0.477 e. The van der Waals surface area contributed by atoms with E-state index in [-0.39, 0.29) is 17.5 Å². The monoisotopic (exact) mass is 272 g/mol. The van der Waals surface area contributed by atoms with Crippen molar-refractivity contribution in [1.82, 2.24) is 9.97 Å². The molecule has 1 heterocycles. The number of hydrogen-bond donors (Lipinski definition) is 3. The van der Waals surface area contributed by atoms with Crippen molar-refractivity contribution < 1.29 is 14.7 Å². The fourth-order valence-corrected chi connectivity index (χ4v) is 1.55. The molecule has 0 aliphatic heterocycles. The molecule has 0 unspecified atom stereocenters. The number of benzene rings is 1. The standard InChI is InChI=1S/C13H12N4O3/c1-8(18)15-9-3-2-4-10(7-9)16-13-14-6-5-11(17-13)12(19)20/h2-7H,1H3,(H,15,18)(H,19,20)(H,14,16,17). The highest BCUT2D eigenvalue weighted by Crippen LogP contribution is 2.18. The Hall–Kier alpha value is -2.96. The first-order chi connectivity index (χ1) is 9.54.